The molecule has 5 heteroatoms. The highest BCUT2D eigenvalue weighted by molar-refractivity contribution is 5.10. The normalized spacial score (nSPS) is 23.1. The number of aromatic nitrogens is 2. The van der Waals surface area contributed by atoms with Crippen LogP contribution < -0.4 is 0 Å². The van der Waals surface area contributed by atoms with Gasteiger partial charge in [-0.05, 0) is 42.7 Å². The summed E-state index contributed by atoms with van der Waals surface area (Å²) in [7, 11) is 0. The van der Waals surface area contributed by atoms with Crippen molar-refractivity contribution in [1.29, 1.82) is 0 Å². The predicted octanol–water partition coefficient (Wildman–Crippen LogP) is 2.82. The first-order valence-corrected chi connectivity index (χ1v) is 9.08. The lowest BCUT2D eigenvalue weighted by atomic mass is 9.88. The quantitative estimate of drug-likeness (QED) is 0.838. The summed E-state index contributed by atoms with van der Waals surface area (Å²) in [6.07, 6.45) is 8.90. The Morgan fingerprint density at radius 1 is 1.12 bits per heavy atom. The molecular weight excluding hydrogens is 314 g/mol. The molecule has 0 unspecified atom stereocenters. The second-order valence-electron chi connectivity index (χ2n) is 7.08. The minimum absolute atomic E-state index is 0.0174. The van der Waals surface area contributed by atoms with Gasteiger partial charge >= 0.3 is 0 Å². The third-order valence-corrected chi connectivity index (χ3v) is 5.29. The molecule has 0 amide bonds. The lowest BCUT2D eigenvalue weighted by molar-refractivity contribution is -0.0468. The second-order valence-corrected chi connectivity index (χ2v) is 7.08. The summed E-state index contributed by atoms with van der Waals surface area (Å²) in [5, 5.41) is 0. The maximum Gasteiger partial charge on any atom is 0.0892 e. The summed E-state index contributed by atoms with van der Waals surface area (Å²) in [6.45, 7) is 4.43. The number of nitrogens with zero attached hydrogens (tertiary/aromatic N) is 3. The van der Waals surface area contributed by atoms with E-state index >= 15 is 0 Å². The Labute approximate surface area is 149 Å². The number of pyridine rings is 2. The highest BCUT2D eigenvalue weighted by Crippen LogP contribution is 2.37. The van der Waals surface area contributed by atoms with Crippen molar-refractivity contribution in [2.24, 2.45) is 0 Å². The summed E-state index contributed by atoms with van der Waals surface area (Å²) < 4.78 is 12.2. The SMILES string of the molecule is c1ccc(CO[C@H]2COC3(CCN(Cc4ccncc4)CC3)C2)nc1. The van der Waals surface area contributed by atoms with Crippen LogP contribution in [0.25, 0.3) is 0 Å². The fourth-order valence-corrected chi connectivity index (χ4v) is 3.81. The van der Waals surface area contributed by atoms with E-state index in [1.165, 1.54) is 5.56 Å². The zero-order chi connectivity index (χ0) is 17.0. The molecule has 0 bridgehead atoms. The van der Waals surface area contributed by atoms with Crippen molar-refractivity contribution >= 4 is 0 Å². The summed E-state index contributed by atoms with van der Waals surface area (Å²) in [4.78, 5) is 10.9. The van der Waals surface area contributed by atoms with Gasteiger partial charge in [-0.2, -0.15) is 0 Å². The highest BCUT2D eigenvalue weighted by Gasteiger charge is 2.43. The highest BCUT2D eigenvalue weighted by atomic mass is 16.6. The predicted molar refractivity (Wildman–Crippen MR) is 94.9 cm³/mol. The van der Waals surface area contributed by atoms with Crippen molar-refractivity contribution in [3.8, 4) is 0 Å². The summed E-state index contributed by atoms with van der Waals surface area (Å²) in [5.74, 6) is 0. The molecule has 2 aromatic heterocycles. The Bertz CT molecular complexity index is 657. The number of piperidine rings is 1. The number of hydrogen-bond acceptors (Lipinski definition) is 5. The smallest absolute Gasteiger partial charge is 0.0892 e. The number of hydrogen-bond donors (Lipinski definition) is 0. The molecule has 0 radical (unpaired) electrons. The molecule has 0 aromatic carbocycles. The standard InChI is InChI=1S/C20H25N3O2/c1-2-8-22-18(3-1)15-24-19-13-20(25-16-19)6-11-23(12-7-20)14-17-4-9-21-10-5-17/h1-5,8-10,19H,6-7,11-16H2/t19-/m1/s1. The van der Waals surface area contributed by atoms with E-state index in [9.17, 15) is 0 Å². The molecule has 0 N–H and O–H groups in total. The third-order valence-electron chi connectivity index (χ3n) is 5.29. The van der Waals surface area contributed by atoms with Crippen LogP contribution in [-0.4, -0.2) is 46.3 Å². The van der Waals surface area contributed by atoms with Crippen LogP contribution in [0.5, 0.6) is 0 Å². The van der Waals surface area contributed by atoms with Crippen LogP contribution in [0.2, 0.25) is 0 Å². The maximum absolute atomic E-state index is 6.20. The van der Waals surface area contributed by atoms with Gasteiger partial charge in [-0.25, -0.2) is 0 Å². The van der Waals surface area contributed by atoms with Gasteiger partial charge in [0.1, 0.15) is 0 Å². The van der Waals surface area contributed by atoms with Crippen LogP contribution in [0.4, 0.5) is 0 Å². The molecule has 5 nitrogen and oxygen atoms in total. The number of rotatable bonds is 5. The van der Waals surface area contributed by atoms with Crippen LogP contribution in [0.3, 0.4) is 0 Å². The number of likely N-dealkylation sites (tertiary alicyclic amines) is 1. The molecular formula is C20H25N3O2. The van der Waals surface area contributed by atoms with Gasteiger partial charge in [0.2, 0.25) is 0 Å². The average molecular weight is 339 g/mol. The van der Waals surface area contributed by atoms with E-state index in [1.54, 1.807) is 0 Å². The lowest BCUT2D eigenvalue weighted by Gasteiger charge is -2.38. The van der Waals surface area contributed by atoms with Crippen molar-refractivity contribution < 1.29 is 9.47 Å². The van der Waals surface area contributed by atoms with Crippen molar-refractivity contribution in [2.45, 2.75) is 44.1 Å². The summed E-state index contributed by atoms with van der Waals surface area (Å²) >= 11 is 0. The van der Waals surface area contributed by atoms with E-state index < -0.39 is 0 Å². The fourth-order valence-electron chi connectivity index (χ4n) is 3.81. The van der Waals surface area contributed by atoms with Gasteiger partial charge < -0.3 is 9.47 Å². The third kappa shape index (κ3) is 4.24. The molecule has 25 heavy (non-hydrogen) atoms. The van der Waals surface area contributed by atoms with Gasteiger partial charge in [-0.1, -0.05) is 6.07 Å². The van der Waals surface area contributed by atoms with Crippen LogP contribution in [-0.2, 0) is 22.6 Å². The Balaban J connectivity index is 1.24. The van der Waals surface area contributed by atoms with Gasteiger partial charge in [0, 0.05) is 44.6 Å². The Hall–Kier alpha value is -1.82. The summed E-state index contributed by atoms with van der Waals surface area (Å²) in [6, 6.07) is 10.1. The van der Waals surface area contributed by atoms with Crippen molar-refractivity contribution in [1.82, 2.24) is 14.9 Å². The first kappa shape index (κ1) is 16.6. The van der Waals surface area contributed by atoms with Gasteiger partial charge in [0.25, 0.3) is 0 Å². The first-order chi connectivity index (χ1) is 12.3. The topological polar surface area (TPSA) is 47.5 Å². The molecule has 4 heterocycles. The molecule has 2 saturated heterocycles. The largest absolute Gasteiger partial charge is 0.372 e. The van der Waals surface area contributed by atoms with E-state index in [1.807, 2.05) is 36.8 Å². The van der Waals surface area contributed by atoms with E-state index in [-0.39, 0.29) is 11.7 Å². The Morgan fingerprint density at radius 3 is 2.72 bits per heavy atom. The minimum Gasteiger partial charge on any atom is -0.372 e. The monoisotopic (exact) mass is 339 g/mol. The van der Waals surface area contributed by atoms with Gasteiger partial charge in [-0.3, -0.25) is 14.9 Å². The van der Waals surface area contributed by atoms with Crippen molar-refractivity contribution in [2.75, 3.05) is 19.7 Å². The minimum atomic E-state index is 0.0174. The molecule has 2 fully saturated rings. The van der Waals surface area contributed by atoms with Gasteiger partial charge in [0.05, 0.1) is 30.6 Å². The van der Waals surface area contributed by atoms with E-state index in [0.717, 1.165) is 44.6 Å². The zero-order valence-electron chi connectivity index (χ0n) is 14.5. The zero-order valence-corrected chi connectivity index (χ0v) is 14.5. The van der Waals surface area contributed by atoms with Crippen LogP contribution in [0.1, 0.15) is 30.5 Å². The molecule has 1 spiro atoms. The van der Waals surface area contributed by atoms with Crippen LogP contribution in [0.15, 0.2) is 48.9 Å². The Kier molecular flexibility index (Phi) is 5.06. The maximum atomic E-state index is 6.20. The fraction of sp³-hybridized carbons (Fsp3) is 0.500. The lowest BCUT2D eigenvalue weighted by Crippen LogP contribution is -2.43. The second kappa shape index (κ2) is 7.60. The van der Waals surface area contributed by atoms with Crippen LogP contribution in [0, 0.1) is 0 Å². The summed E-state index contributed by atoms with van der Waals surface area (Å²) in [5.41, 5.74) is 2.33. The van der Waals surface area contributed by atoms with E-state index in [2.05, 4.69) is 27.0 Å². The van der Waals surface area contributed by atoms with Crippen molar-refractivity contribution in [3.63, 3.8) is 0 Å². The molecule has 0 aliphatic carbocycles. The van der Waals surface area contributed by atoms with Crippen molar-refractivity contribution in [3.05, 3.63) is 60.2 Å². The molecule has 1 atom stereocenters. The molecule has 0 saturated carbocycles. The Morgan fingerprint density at radius 2 is 1.96 bits per heavy atom. The molecule has 2 aromatic rings. The molecule has 2 aliphatic heterocycles. The number of ether oxygens (including phenoxy) is 2. The van der Waals surface area contributed by atoms with Crippen LogP contribution >= 0.6 is 0 Å². The molecule has 4 rings (SSSR count). The first-order valence-electron chi connectivity index (χ1n) is 9.08. The molecule has 132 valence electrons. The van der Waals surface area contributed by atoms with E-state index in [4.69, 9.17) is 9.47 Å². The molecule has 2 aliphatic rings. The van der Waals surface area contributed by atoms with Gasteiger partial charge in [-0.15, -0.1) is 0 Å². The van der Waals surface area contributed by atoms with Gasteiger partial charge in [0.15, 0.2) is 0 Å². The average Bonchev–Trinajstić information content (AvgIpc) is 3.07. The van der Waals surface area contributed by atoms with E-state index in [0.29, 0.717) is 13.2 Å².